The number of ether oxygens (including phenoxy) is 1. The molecule has 2 aliphatic heterocycles. The van der Waals surface area contributed by atoms with Crippen LogP contribution in [0.25, 0.3) is 0 Å². The first-order valence-corrected chi connectivity index (χ1v) is 7.35. The first kappa shape index (κ1) is 12.7. The van der Waals surface area contributed by atoms with E-state index in [2.05, 4.69) is 21.3 Å². The van der Waals surface area contributed by atoms with Crippen LogP contribution in [0, 0.1) is 5.92 Å². The zero-order chi connectivity index (χ0) is 13.1. The summed E-state index contributed by atoms with van der Waals surface area (Å²) in [5.41, 5.74) is 0. The highest BCUT2D eigenvalue weighted by molar-refractivity contribution is 5.41. The number of rotatable bonds is 3. The van der Waals surface area contributed by atoms with Gasteiger partial charge in [-0.1, -0.05) is 0 Å². The molecular formula is C15H23N3O. The normalized spacial score (nSPS) is 27.5. The lowest BCUT2D eigenvalue weighted by atomic mass is 9.90. The van der Waals surface area contributed by atoms with Crippen LogP contribution in [-0.2, 0) is 0 Å². The molecule has 0 aliphatic carbocycles. The van der Waals surface area contributed by atoms with Gasteiger partial charge in [0.1, 0.15) is 11.6 Å². The van der Waals surface area contributed by atoms with Gasteiger partial charge in [-0.15, -0.1) is 0 Å². The number of pyridine rings is 1. The van der Waals surface area contributed by atoms with E-state index in [-0.39, 0.29) is 0 Å². The Kier molecular flexibility index (Phi) is 3.87. The Labute approximate surface area is 115 Å². The molecule has 0 aromatic carbocycles. The molecule has 0 bridgehead atoms. The maximum atomic E-state index is 5.17. The predicted molar refractivity (Wildman–Crippen MR) is 76.8 cm³/mol. The molecule has 0 amide bonds. The van der Waals surface area contributed by atoms with Crippen LogP contribution in [0.15, 0.2) is 18.3 Å². The molecule has 1 aromatic heterocycles. The van der Waals surface area contributed by atoms with Crippen molar-refractivity contribution < 1.29 is 4.74 Å². The van der Waals surface area contributed by atoms with Gasteiger partial charge in [-0.2, -0.15) is 0 Å². The van der Waals surface area contributed by atoms with Crippen LogP contribution in [0.4, 0.5) is 5.82 Å². The Morgan fingerprint density at radius 3 is 2.95 bits per heavy atom. The fraction of sp³-hybridized carbons (Fsp3) is 0.667. The smallest absolute Gasteiger partial charge is 0.137 e. The number of methoxy groups -OCH3 is 1. The monoisotopic (exact) mass is 261 g/mol. The second-order valence-electron chi connectivity index (χ2n) is 5.61. The number of anilines is 1. The van der Waals surface area contributed by atoms with Crippen molar-refractivity contribution in [2.75, 3.05) is 31.6 Å². The third-order valence-electron chi connectivity index (χ3n) is 4.41. The minimum atomic E-state index is 0.723. The van der Waals surface area contributed by atoms with E-state index in [1.165, 1.54) is 32.2 Å². The fourth-order valence-corrected chi connectivity index (χ4v) is 3.34. The molecule has 2 fully saturated rings. The summed E-state index contributed by atoms with van der Waals surface area (Å²) in [6.07, 6.45) is 7.12. The second kappa shape index (κ2) is 5.78. The van der Waals surface area contributed by atoms with E-state index >= 15 is 0 Å². The van der Waals surface area contributed by atoms with Crippen molar-refractivity contribution in [3.63, 3.8) is 0 Å². The molecular weight excluding hydrogens is 238 g/mol. The molecule has 4 heteroatoms. The molecule has 3 rings (SSSR count). The van der Waals surface area contributed by atoms with E-state index < -0.39 is 0 Å². The number of nitrogens with zero attached hydrogens (tertiary/aromatic N) is 2. The van der Waals surface area contributed by atoms with E-state index in [1.54, 1.807) is 7.11 Å². The Balaban J connectivity index is 1.66. The number of hydrogen-bond donors (Lipinski definition) is 1. The van der Waals surface area contributed by atoms with Crippen LogP contribution >= 0.6 is 0 Å². The highest BCUT2D eigenvalue weighted by Gasteiger charge is 2.29. The Morgan fingerprint density at radius 1 is 1.32 bits per heavy atom. The van der Waals surface area contributed by atoms with Gasteiger partial charge in [0.15, 0.2) is 0 Å². The van der Waals surface area contributed by atoms with E-state index in [9.17, 15) is 0 Å². The number of nitrogens with one attached hydrogen (secondary N) is 1. The van der Waals surface area contributed by atoms with Gasteiger partial charge in [0, 0.05) is 19.1 Å². The van der Waals surface area contributed by atoms with Gasteiger partial charge in [0.2, 0.25) is 0 Å². The maximum absolute atomic E-state index is 5.17. The van der Waals surface area contributed by atoms with E-state index in [0.29, 0.717) is 0 Å². The topological polar surface area (TPSA) is 37.4 Å². The third kappa shape index (κ3) is 2.84. The number of piperidine rings is 1. The van der Waals surface area contributed by atoms with Crippen molar-refractivity contribution in [2.45, 2.75) is 31.7 Å². The van der Waals surface area contributed by atoms with Crippen molar-refractivity contribution in [1.29, 1.82) is 0 Å². The average molecular weight is 261 g/mol. The molecule has 2 unspecified atom stereocenters. The molecule has 0 spiro atoms. The molecule has 3 heterocycles. The highest BCUT2D eigenvalue weighted by Crippen LogP contribution is 2.27. The predicted octanol–water partition coefficient (Wildman–Crippen LogP) is 2.06. The van der Waals surface area contributed by atoms with E-state index in [0.717, 1.165) is 36.6 Å². The largest absolute Gasteiger partial charge is 0.495 e. The lowest BCUT2D eigenvalue weighted by Crippen LogP contribution is -2.43. The molecule has 1 N–H and O–H groups in total. The van der Waals surface area contributed by atoms with Crippen molar-refractivity contribution in [1.82, 2.24) is 10.3 Å². The molecule has 0 saturated carbocycles. The SMILES string of the molecule is COc1ccc(N2CCCC(C3CCCN3)C2)nc1. The summed E-state index contributed by atoms with van der Waals surface area (Å²) in [6.45, 7) is 3.46. The molecule has 2 saturated heterocycles. The Morgan fingerprint density at radius 2 is 2.26 bits per heavy atom. The zero-order valence-electron chi connectivity index (χ0n) is 11.6. The summed E-state index contributed by atoms with van der Waals surface area (Å²) in [7, 11) is 1.68. The molecule has 2 atom stereocenters. The van der Waals surface area contributed by atoms with Gasteiger partial charge in [0.25, 0.3) is 0 Å². The third-order valence-corrected chi connectivity index (χ3v) is 4.41. The van der Waals surface area contributed by atoms with Crippen molar-refractivity contribution in [3.05, 3.63) is 18.3 Å². The number of aromatic nitrogens is 1. The zero-order valence-corrected chi connectivity index (χ0v) is 11.6. The van der Waals surface area contributed by atoms with E-state index in [4.69, 9.17) is 4.74 Å². The summed E-state index contributed by atoms with van der Waals surface area (Å²) >= 11 is 0. The Hall–Kier alpha value is -1.29. The molecule has 0 radical (unpaired) electrons. The lowest BCUT2D eigenvalue weighted by molar-refractivity contribution is 0.328. The van der Waals surface area contributed by atoms with Crippen molar-refractivity contribution >= 4 is 5.82 Å². The van der Waals surface area contributed by atoms with Gasteiger partial charge >= 0.3 is 0 Å². The summed E-state index contributed by atoms with van der Waals surface area (Å²) in [5, 5.41) is 3.65. The van der Waals surface area contributed by atoms with Gasteiger partial charge in [0.05, 0.1) is 13.3 Å². The summed E-state index contributed by atoms with van der Waals surface area (Å²) in [5.74, 6) is 2.69. The molecule has 4 nitrogen and oxygen atoms in total. The first-order valence-electron chi connectivity index (χ1n) is 7.35. The Bertz CT molecular complexity index is 400. The van der Waals surface area contributed by atoms with Gasteiger partial charge in [-0.05, 0) is 50.3 Å². The standard InChI is InChI=1S/C15H23N3O/c1-19-13-6-7-15(17-10-13)18-9-3-4-12(11-18)14-5-2-8-16-14/h6-7,10,12,14,16H,2-5,8-9,11H2,1H3. The van der Waals surface area contributed by atoms with E-state index in [1.807, 2.05) is 12.3 Å². The summed E-state index contributed by atoms with van der Waals surface area (Å²) < 4.78 is 5.17. The highest BCUT2D eigenvalue weighted by atomic mass is 16.5. The van der Waals surface area contributed by atoms with Crippen LogP contribution < -0.4 is 15.0 Å². The minimum absolute atomic E-state index is 0.723. The van der Waals surface area contributed by atoms with Crippen LogP contribution in [0.1, 0.15) is 25.7 Å². The lowest BCUT2D eigenvalue weighted by Gasteiger charge is -2.36. The van der Waals surface area contributed by atoms with Crippen LogP contribution in [0.3, 0.4) is 0 Å². The van der Waals surface area contributed by atoms with Crippen LogP contribution in [0.2, 0.25) is 0 Å². The first-order chi connectivity index (χ1) is 9.36. The molecule has 1 aromatic rings. The van der Waals surface area contributed by atoms with Gasteiger partial charge in [-0.25, -0.2) is 4.98 Å². The second-order valence-corrected chi connectivity index (χ2v) is 5.61. The van der Waals surface area contributed by atoms with Gasteiger partial charge in [-0.3, -0.25) is 0 Å². The molecule has 19 heavy (non-hydrogen) atoms. The quantitative estimate of drug-likeness (QED) is 0.903. The van der Waals surface area contributed by atoms with Crippen LogP contribution in [0.5, 0.6) is 5.75 Å². The summed E-state index contributed by atoms with van der Waals surface area (Å²) in [4.78, 5) is 6.94. The minimum Gasteiger partial charge on any atom is -0.495 e. The van der Waals surface area contributed by atoms with Gasteiger partial charge < -0.3 is 15.0 Å². The maximum Gasteiger partial charge on any atom is 0.137 e. The average Bonchev–Trinajstić information content (AvgIpc) is 3.02. The van der Waals surface area contributed by atoms with Crippen molar-refractivity contribution in [3.8, 4) is 5.75 Å². The summed E-state index contributed by atoms with van der Waals surface area (Å²) in [6, 6.07) is 4.80. The van der Waals surface area contributed by atoms with Crippen LogP contribution in [-0.4, -0.2) is 37.8 Å². The molecule has 2 aliphatic rings. The molecule has 104 valence electrons. The fourth-order valence-electron chi connectivity index (χ4n) is 3.34. The number of hydrogen-bond acceptors (Lipinski definition) is 4. The van der Waals surface area contributed by atoms with Crippen molar-refractivity contribution in [2.24, 2.45) is 5.92 Å².